The maximum atomic E-state index is 12.7. The third kappa shape index (κ3) is 6.36. The van der Waals surface area contributed by atoms with Crippen LogP contribution in [0.25, 0.3) is 11.0 Å². The summed E-state index contributed by atoms with van der Waals surface area (Å²) >= 11 is 0. The van der Waals surface area contributed by atoms with Crippen molar-refractivity contribution in [3.8, 4) is 5.75 Å². The van der Waals surface area contributed by atoms with E-state index in [1.165, 1.54) is 5.56 Å². The van der Waals surface area contributed by atoms with Crippen molar-refractivity contribution >= 4 is 22.8 Å². The number of para-hydroxylation sites is 3. The maximum Gasteiger partial charge on any atom is 0.225 e. The molecule has 2 heterocycles. The number of likely N-dealkylation sites (tertiary alicyclic amines) is 1. The zero-order valence-electron chi connectivity index (χ0n) is 20.9. The molecule has 1 fully saturated rings. The number of rotatable bonds is 9. The Bertz CT molecular complexity index is 1330. The number of imidazole rings is 1. The van der Waals surface area contributed by atoms with Crippen LogP contribution in [0.2, 0.25) is 0 Å². The maximum absolute atomic E-state index is 12.7. The van der Waals surface area contributed by atoms with Crippen molar-refractivity contribution in [3.05, 3.63) is 96.3 Å². The van der Waals surface area contributed by atoms with Gasteiger partial charge in [0.15, 0.2) is 0 Å². The summed E-state index contributed by atoms with van der Waals surface area (Å²) in [5, 5.41) is 3.08. The van der Waals surface area contributed by atoms with Gasteiger partial charge in [0.1, 0.15) is 5.75 Å². The minimum atomic E-state index is -0.0570. The first-order valence-corrected chi connectivity index (χ1v) is 12.9. The number of benzene rings is 3. The van der Waals surface area contributed by atoms with E-state index in [1.54, 1.807) is 0 Å². The lowest BCUT2D eigenvalue weighted by Crippen LogP contribution is -2.43. The summed E-state index contributed by atoms with van der Waals surface area (Å²) in [5.41, 5.74) is 4.37. The van der Waals surface area contributed by atoms with Crippen LogP contribution in [0.5, 0.6) is 5.75 Å². The Hall–Kier alpha value is -4.13. The summed E-state index contributed by atoms with van der Waals surface area (Å²) in [6.45, 7) is 2.84. The Morgan fingerprint density at radius 2 is 1.59 bits per heavy atom. The van der Waals surface area contributed by atoms with Crippen LogP contribution in [-0.2, 0) is 22.7 Å². The van der Waals surface area contributed by atoms with Crippen LogP contribution in [-0.4, -0.2) is 46.0 Å². The van der Waals surface area contributed by atoms with E-state index in [9.17, 15) is 9.59 Å². The lowest BCUT2D eigenvalue weighted by molar-refractivity contribution is -0.136. The number of nitrogens with one attached hydrogen (secondary N) is 1. The summed E-state index contributed by atoms with van der Waals surface area (Å²) in [4.78, 5) is 31.5. The average molecular weight is 497 g/mol. The van der Waals surface area contributed by atoms with Crippen molar-refractivity contribution in [1.82, 2.24) is 19.8 Å². The molecule has 7 heteroatoms. The van der Waals surface area contributed by atoms with Crippen molar-refractivity contribution in [1.29, 1.82) is 0 Å². The predicted molar refractivity (Wildman–Crippen MR) is 143 cm³/mol. The number of amides is 2. The molecule has 0 spiro atoms. The van der Waals surface area contributed by atoms with Crippen LogP contribution in [0.4, 0.5) is 0 Å². The molecule has 4 aromatic rings. The standard InChI is InChI=1S/C30H32N4O3/c35-29(16-19-37-26-6-2-1-3-7-26)33-17-14-25(15-18-33)30(36)31-20-23-10-12-24(13-11-23)21-34-22-32-27-8-4-5-9-28(27)34/h1-13,22,25H,14-21H2,(H,31,36). The molecule has 1 saturated heterocycles. The number of piperidine rings is 1. The van der Waals surface area contributed by atoms with Crippen molar-refractivity contribution in [3.63, 3.8) is 0 Å². The number of hydrogen-bond acceptors (Lipinski definition) is 4. The van der Waals surface area contributed by atoms with Crippen molar-refractivity contribution in [2.75, 3.05) is 19.7 Å². The average Bonchev–Trinajstić information content (AvgIpc) is 3.36. The van der Waals surface area contributed by atoms with Gasteiger partial charge in [0.2, 0.25) is 11.8 Å². The van der Waals surface area contributed by atoms with Gasteiger partial charge >= 0.3 is 0 Å². The van der Waals surface area contributed by atoms with E-state index >= 15 is 0 Å². The Labute approximate surface area is 217 Å². The minimum absolute atomic E-state index is 0.0570. The fourth-order valence-electron chi connectivity index (χ4n) is 4.75. The van der Waals surface area contributed by atoms with E-state index in [0.29, 0.717) is 45.5 Å². The van der Waals surface area contributed by atoms with Gasteiger partial charge in [-0.2, -0.15) is 0 Å². The van der Waals surface area contributed by atoms with Crippen LogP contribution >= 0.6 is 0 Å². The first-order chi connectivity index (χ1) is 18.2. The summed E-state index contributed by atoms with van der Waals surface area (Å²) in [5.74, 6) is 0.859. The molecule has 1 N–H and O–H groups in total. The van der Waals surface area contributed by atoms with Gasteiger partial charge in [-0.3, -0.25) is 9.59 Å². The van der Waals surface area contributed by atoms with E-state index in [2.05, 4.69) is 45.2 Å². The molecule has 0 aliphatic carbocycles. The Morgan fingerprint density at radius 1 is 0.892 bits per heavy atom. The van der Waals surface area contributed by atoms with E-state index in [0.717, 1.165) is 28.9 Å². The zero-order valence-corrected chi connectivity index (χ0v) is 20.9. The second kappa shape index (κ2) is 11.7. The molecular formula is C30H32N4O3. The molecule has 1 aliphatic rings. The summed E-state index contributed by atoms with van der Waals surface area (Å²) in [6.07, 6.45) is 3.60. The zero-order chi connectivity index (χ0) is 25.5. The monoisotopic (exact) mass is 496 g/mol. The highest BCUT2D eigenvalue weighted by Crippen LogP contribution is 2.19. The molecule has 190 valence electrons. The summed E-state index contributed by atoms with van der Waals surface area (Å²) in [7, 11) is 0. The van der Waals surface area contributed by atoms with Crippen LogP contribution in [0.3, 0.4) is 0 Å². The van der Waals surface area contributed by atoms with Gasteiger partial charge in [-0.1, -0.05) is 54.6 Å². The molecule has 1 aromatic heterocycles. The number of aromatic nitrogens is 2. The van der Waals surface area contributed by atoms with Gasteiger partial charge in [-0.25, -0.2) is 4.98 Å². The molecule has 7 nitrogen and oxygen atoms in total. The molecular weight excluding hydrogens is 464 g/mol. The van der Waals surface area contributed by atoms with Gasteiger partial charge in [0.25, 0.3) is 0 Å². The topological polar surface area (TPSA) is 76.5 Å². The highest BCUT2D eigenvalue weighted by Gasteiger charge is 2.27. The molecule has 0 saturated carbocycles. The second-order valence-electron chi connectivity index (χ2n) is 9.46. The Balaban J connectivity index is 1.03. The Kier molecular flexibility index (Phi) is 7.79. The SMILES string of the molecule is O=C(NCc1ccc(Cn2cnc3ccccc32)cc1)C1CCN(C(=O)CCOc2ccccc2)CC1. The number of nitrogens with zero attached hydrogens (tertiary/aromatic N) is 3. The van der Waals surface area contributed by atoms with Crippen molar-refractivity contribution in [2.24, 2.45) is 5.92 Å². The summed E-state index contributed by atoms with van der Waals surface area (Å²) in [6, 6.07) is 25.9. The first-order valence-electron chi connectivity index (χ1n) is 12.9. The fraction of sp³-hybridized carbons (Fsp3) is 0.300. The van der Waals surface area contributed by atoms with Crippen LogP contribution < -0.4 is 10.1 Å². The van der Waals surface area contributed by atoms with Gasteiger partial charge in [0, 0.05) is 32.1 Å². The predicted octanol–water partition coefficient (Wildman–Crippen LogP) is 4.41. The molecule has 1 aliphatic heterocycles. The number of carbonyl (C=O) groups is 2. The molecule has 5 rings (SSSR count). The van der Waals surface area contributed by atoms with E-state index in [1.807, 2.05) is 59.8 Å². The number of carbonyl (C=O) groups excluding carboxylic acids is 2. The van der Waals surface area contributed by atoms with Gasteiger partial charge in [-0.05, 0) is 48.2 Å². The fourth-order valence-corrected chi connectivity index (χ4v) is 4.75. The quantitative estimate of drug-likeness (QED) is 0.373. The normalized spacial score (nSPS) is 14.0. The highest BCUT2D eigenvalue weighted by atomic mass is 16.5. The molecule has 0 radical (unpaired) electrons. The van der Waals surface area contributed by atoms with Gasteiger partial charge in [-0.15, -0.1) is 0 Å². The number of hydrogen-bond donors (Lipinski definition) is 1. The molecule has 0 atom stereocenters. The third-order valence-electron chi connectivity index (χ3n) is 6.92. The van der Waals surface area contributed by atoms with Crippen LogP contribution in [0, 0.1) is 5.92 Å². The van der Waals surface area contributed by atoms with E-state index in [-0.39, 0.29) is 17.7 Å². The van der Waals surface area contributed by atoms with E-state index < -0.39 is 0 Å². The molecule has 0 bridgehead atoms. The lowest BCUT2D eigenvalue weighted by Gasteiger charge is -2.31. The highest BCUT2D eigenvalue weighted by molar-refractivity contribution is 5.80. The smallest absolute Gasteiger partial charge is 0.225 e. The van der Waals surface area contributed by atoms with Gasteiger partial charge < -0.3 is 19.5 Å². The van der Waals surface area contributed by atoms with Crippen molar-refractivity contribution in [2.45, 2.75) is 32.4 Å². The van der Waals surface area contributed by atoms with Gasteiger partial charge in [0.05, 0.1) is 30.4 Å². The van der Waals surface area contributed by atoms with Crippen LogP contribution in [0.1, 0.15) is 30.4 Å². The molecule has 37 heavy (non-hydrogen) atoms. The number of fused-ring (bicyclic) bond motifs is 1. The Morgan fingerprint density at radius 3 is 2.38 bits per heavy atom. The molecule has 2 amide bonds. The number of ether oxygens (including phenoxy) is 1. The second-order valence-corrected chi connectivity index (χ2v) is 9.46. The van der Waals surface area contributed by atoms with E-state index in [4.69, 9.17) is 4.74 Å². The molecule has 0 unspecified atom stereocenters. The van der Waals surface area contributed by atoms with Crippen molar-refractivity contribution < 1.29 is 14.3 Å². The minimum Gasteiger partial charge on any atom is -0.493 e. The largest absolute Gasteiger partial charge is 0.493 e. The first kappa shape index (κ1) is 24.6. The lowest BCUT2D eigenvalue weighted by atomic mass is 9.95. The molecule has 3 aromatic carbocycles. The third-order valence-corrected chi connectivity index (χ3v) is 6.92. The summed E-state index contributed by atoms with van der Waals surface area (Å²) < 4.78 is 7.77. The van der Waals surface area contributed by atoms with Crippen LogP contribution in [0.15, 0.2) is 85.2 Å².